The zero-order valence-electron chi connectivity index (χ0n) is 16.6. The number of piperidine rings is 2. The lowest BCUT2D eigenvalue weighted by Gasteiger charge is -2.38. The van der Waals surface area contributed by atoms with E-state index in [-0.39, 0.29) is 41.6 Å². The zero-order valence-corrected chi connectivity index (χ0v) is 17.3. The molecule has 0 spiro atoms. The van der Waals surface area contributed by atoms with Gasteiger partial charge in [0.15, 0.2) is 0 Å². The van der Waals surface area contributed by atoms with E-state index in [1.165, 1.54) is 0 Å². The van der Waals surface area contributed by atoms with Crippen LogP contribution < -0.4 is 27.1 Å². The number of halogens is 1. The first-order chi connectivity index (χ1) is 13.5. The molecule has 0 saturated carbocycles. The van der Waals surface area contributed by atoms with E-state index in [2.05, 4.69) is 33.3 Å². The minimum absolute atomic E-state index is 0.00706. The monoisotopic (exact) mass is 415 g/mol. The number of amides is 1. The van der Waals surface area contributed by atoms with Crippen molar-refractivity contribution < 1.29 is 9.53 Å². The summed E-state index contributed by atoms with van der Waals surface area (Å²) in [6.07, 6.45) is 2.79. The Morgan fingerprint density at radius 1 is 1.25 bits per heavy atom. The number of rotatable bonds is 4. The van der Waals surface area contributed by atoms with Crippen molar-refractivity contribution in [2.45, 2.75) is 55.2 Å². The predicted molar refractivity (Wildman–Crippen MR) is 108 cm³/mol. The van der Waals surface area contributed by atoms with Crippen LogP contribution >= 0.6 is 11.6 Å². The van der Waals surface area contributed by atoms with Crippen LogP contribution in [-0.4, -0.2) is 98.1 Å². The molecule has 0 aromatic rings. The van der Waals surface area contributed by atoms with Crippen LogP contribution in [0.15, 0.2) is 0 Å². The van der Waals surface area contributed by atoms with Gasteiger partial charge in [0.05, 0.1) is 41.9 Å². The van der Waals surface area contributed by atoms with Gasteiger partial charge in [-0.05, 0) is 32.9 Å². The molecule has 6 N–H and O–H groups in total. The third-order valence-corrected chi connectivity index (χ3v) is 6.70. The molecule has 4 rings (SSSR count). The van der Waals surface area contributed by atoms with E-state index in [0.717, 1.165) is 45.4 Å². The number of alkyl halides is 1. The minimum Gasteiger partial charge on any atom is -0.373 e. The Morgan fingerprint density at radius 2 is 2.04 bits per heavy atom. The maximum atomic E-state index is 13.1. The van der Waals surface area contributed by atoms with Crippen molar-refractivity contribution in [3.05, 3.63) is 0 Å². The first-order valence-electron chi connectivity index (χ1n) is 10.5. The Balaban J connectivity index is 1.35. The zero-order chi connectivity index (χ0) is 19.7. The highest BCUT2D eigenvalue weighted by atomic mass is 35.5. The van der Waals surface area contributed by atoms with Gasteiger partial charge >= 0.3 is 0 Å². The van der Waals surface area contributed by atoms with Crippen LogP contribution in [0.5, 0.6) is 0 Å². The van der Waals surface area contributed by atoms with Gasteiger partial charge in [-0.3, -0.25) is 10.1 Å². The quantitative estimate of drug-likeness (QED) is 0.342. The Bertz CT molecular complexity index is 548. The third kappa shape index (κ3) is 4.62. The van der Waals surface area contributed by atoms with Crippen LogP contribution in [0.3, 0.4) is 0 Å². The van der Waals surface area contributed by atoms with Gasteiger partial charge in [0, 0.05) is 32.7 Å². The molecule has 10 heteroatoms. The summed E-state index contributed by atoms with van der Waals surface area (Å²) >= 11 is 6.22. The summed E-state index contributed by atoms with van der Waals surface area (Å²) in [7, 11) is 2.15. The number of nitrogens with two attached hydrogens (primary N) is 1. The van der Waals surface area contributed by atoms with Crippen molar-refractivity contribution in [2.75, 3.05) is 46.3 Å². The lowest BCUT2D eigenvalue weighted by atomic mass is 9.98. The van der Waals surface area contributed by atoms with Gasteiger partial charge in [0.2, 0.25) is 5.91 Å². The summed E-state index contributed by atoms with van der Waals surface area (Å²) in [5.41, 5.74) is 9.43. The summed E-state index contributed by atoms with van der Waals surface area (Å²) in [6.45, 7) is 5.13. The van der Waals surface area contributed by atoms with Crippen LogP contribution in [0.4, 0.5) is 0 Å². The molecule has 4 heterocycles. The first-order valence-corrected chi connectivity index (χ1v) is 11.0. The summed E-state index contributed by atoms with van der Waals surface area (Å²) in [5, 5.41) is 11.9. The number of hydrogen-bond donors (Lipinski definition) is 5. The summed E-state index contributed by atoms with van der Waals surface area (Å²) in [4.78, 5) is 15.5. The fraction of sp³-hybridized carbons (Fsp3) is 0.944. The van der Waals surface area contributed by atoms with Gasteiger partial charge in [-0.1, -0.05) is 0 Å². The molecule has 0 aromatic carbocycles. The van der Waals surface area contributed by atoms with Crippen molar-refractivity contribution in [1.82, 2.24) is 31.3 Å². The molecule has 0 bridgehead atoms. The van der Waals surface area contributed by atoms with E-state index in [1.54, 1.807) is 0 Å². The standard InChI is InChI=1S/C18H34ClN7O2/c1-25-6-3-12(4-7-25)28-14-2-5-21-9-13(14)23-18(27)15-16(20)24-26-10-11(19)8-22-17(15)26/h11-17,21-22,24H,2-10,20H2,1H3,(H,23,27). The number of hydrogen-bond acceptors (Lipinski definition) is 8. The summed E-state index contributed by atoms with van der Waals surface area (Å²) in [5.74, 6) is -0.395. The van der Waals surface area contributed by atoms with Crippen LogP contribution in [0.1, 0.15) is 19.3 Å². The Morgan fingerprint density at radius 3 is 2.82 bits per heavy atom. The largest absolute Gasteiger partial charge is 0.373 e. The molecule has 9 nitrogen and oxygen atoms in total. The van der Waals surface area contributed by atoms with Gasteiger partial charge in [0.1, 0.15) is 0 Å². The second-order valence-corrected chi connectivity index (χ2v) is 9.19. The van der Waals surface area contributed by atoms with Gasteiger partial charge in [-0.2, -0.15) is 0 Å². The van der Waals surface area contributed by atoms with E-state index in [4.69, 9.17) is 22.1 Å². The minimum atomic E-state index is -0.427. The average Bonchev–Trinajstić information content (AvgIpc) is 3.00. The Labute approximate surface area is 172 Å². The number of carbonyl (C=O) groups excluding carboxylic acids is 1. The van der Waals surface area contributed by atoms with Crippen LogP contribution in [0, 0.1) is 5.92 Å². The molecule has 6 atom stereocenters. The molecule has 4 fully saturated rings. The van der Waals surface area contributed by atoms with E-state index < -0.39 is 6.17 Å². The number of nitrogens with zero attached hydrogens (tertiary/aromatic N) is 2. The molecule has 0 aliphatic carbocycles. The summed E-state index contributed by atoms with van der Waals surface area (Å²) < 4.78 is 6.43. The van der Waals surface area contributed by atoms with Crippen molar-refractivity contribution in [1.29, 1.82) is 0 Å². The predicted octanol–water partition coefficient (Wildman–Crippen LogP) is -1.80. The average molecular weight is 416 g/mol. The molecule has 0 radical (unpaired) electrons. The van der Waals surface area contributed by atoms with E-state index in [1.807, 2.05) is 5.01 Å². The summed E-state index contributed by atoms with van der Waals surface area (Å²) in [6, 6.07) is -0.0356. The highest BCUT2D eigenvalue weighted by Crippen LogP contribution is 2.24. The number of nitrogens with one attached hydrogen (secondary N) is 4. The van der Waals surface area contributed by atoms with E-state index in [9.17, 15) is 4.79 Å². The van der Waals surface area contributed by atoms with Crippen LogP contribution in [0.25, 0.3) is 0 Å². The highest BCUT2D eigenvalue weighted by molar-refractivity contribution is 6.21. The molecule has 6 unspecified atom stereocenters. The molecule has 28 heavy (non-hydrogen) atoms. The molecular formula is C18H34ClN7O2. The first kappa shape index (κ1) is 20.7. The van der Waals surface area contributed by atoms with Gasteiger partial charge in [-0.25, -0.2) is 10.4 Å². The maximum Gasteiger partial charge on any atom is 0.229 e. The molecule has 0 aromatic heterocycles. The molecule has 4 saturated heterocycles. The Kier molecular flexibility index (Phi) is 6.74. The number of fused-ring (bicyclic) bond motifs is 1. The molecule has 4 aliphatic rings. The maximum absolute atomic E-state index is 13.1. The topological polar surface area (TPSA) is 107 Å². The van der Waals surface area contributed by atoms with E-state index in [0.29, 0.717) is 13.1 Å². The second-order valence-electron chi connectivity index (χ2n) is 8.57. The fourth-order valence-electron chi connectivity index (χ4n) is 4.77. The number of carbonyl (C=O) groups is 1. The van der Waals surface area contributed by atoms with E-state index >= 15 is 0 Å². The van der Waals surface area contributed by atoms with Gasteiger partial charge in [-0.15, -0.1) is 11.6 Å². The molecule has 1 amide bonds. The lowest BCUT2D eigenvalue weighted by Crippen LogP contribution is -2.61. The third-order valence-electron chi connectivity index (χ3n) is 6.40. The number of ether oxygens (including phenoxy) is 1. The van der Waals surface area contributed by atoms with Gasteiger partial charge in [0.25, 0.3) is 0 Å². The fourth-order valence-corrected chi connectivity index (χ4v) is 5.01. The van der Waals surface area contributed by atoms with Crippen molar-refractivity contribution in [3.8, 4) is 0 Å². The van der Waals surface area contributed by atoms with Crippen molar-refractivity contribution >= 4 is 17.5 Å². The highest BCUT2D eigenvalue weighted by Gasteiger charge is 2.47. The lowest BCUT2D eigenvalue weighted by molar-refractivity contribution is -0.130. The smallest absolute Gasteiger partial charge is 0.229 e. The van der Waals surface area contributed by atoms with Crippen molar-refractivity contribution in [3.63, 3.8) is 0 Å². The normalized spacial score (nSPS) is 41.0. The van der Waals surface area contributed by atoms with Gasteiger partial charge < -0.3 is 26.0 Å². The number of hydrazine groups is 1. The molecular weight excluding hydrogens is 382 g/mol. The number of likely N-dealkylation sites (tertiary alicyclic amines) is 1. The molecule has 4 aliphatic heterocycles. The van der Waals surface area contributed by atoms with Crippen LogP contribution in [-0.2, 0) is 9.53 Å². The molecule has 160 valence electrons. The van der Waals surface area contributed by atoms with Crippen LogP contribution in [0.2, 0.25) is 0 Å². The Hall–Kier alpha value is -0.520. The second kappa shape index (κ2) is 9.09. The van der Waals surface area contributed by atoms with Crippen molar-refractivity contribution in [2.24, 2.45) is 11.7 Å². The SMILES string of the molecule is CN1CCC(OC2CCNCC2NC(=O)C2C(N)NN3CC(Cl)CNC23)CC1.